The lowest BCUT2D eigenvalue weighted by Crippen LogP contribution is -2.09. The molecule has 1 atom stereocenters. The van der Waals surface area contributed by atoms with Gasteiger partial charge in [0.2, 0.25) is 0 Å². The molecule has 2 rings (SSSR count). The maximum atomic E-state index is 5.86. The molecule has 2 aromatic rings. The Balaban J connectivity index is 2.20. The molecule has 0 aliphatic carbocycles. The van der Waals surface area contributed by atoms with Crippen LogP contribution in [0.4, 0.5) is 0 Å². The Morgan fingerprint density at radius 2 is 2.24 bits per heavy atom. The van der Waals surface area contributed by atoms with Crippen LogP contribution in [-0.2, 0) is 0 Å². The van der Waals surface area contributed by atoms with Crippen molar-refractivity contribution in [3.63, 3.8) is 0 Å². The SMILES string of the molecule is Cc1csc(SC(CN)c2ccccc2Br)n1. The number of benzene rings is 1. The van der Waals surface area contributed by atoms with Gasteiger partial charge < -0.3 is 5.73 Å². The minimum absolute atomic E-state index is 0.246. The van der Waals surface area contributed by atoms with E-state index in [4.69, 9.17) is 5.73 Å². The van der Waals surface area contributed by atoms with E-state index in [1.54, 1.807) is 23.1 Å². The van der Waals surface area contributed by atoms with Crippen LogP contribution in [0.15, 0.2) is 38.5 Å². The minimum atomic E-state index is 0.246. The fourth-order valence-electron chi connectivity index (χ4n) is 1.48. The second-order valence-electron chi connectivity index (χ2n) is 3.62. The topological polar surface area (TPSA) is 38.9 Å². The first-order valence-electron chi connectivity index (χ1n) is 5.24. The number of aryl methyl sites for hydroxylation is 1. The third-order valence-electron chi connectivity index (χ3n) is 2.31. The summed E-state index contributed by atoms with van der Waals surface area (Å²) in [7, 11) is 0. The van der Waals surface area contributed by atoms with Crippen molar-refractivity contribution in [2.45, 2.75) is 16.5 Å². The number of rotatable bonds is 4. The van der Waals surface area contributed by atoms with E-state index in [9.17, 15) is 0 Å². The van der Waals surface area contributed by atoms with E-state index in [0.717, 1.165) is 14.5 Å². The fraction of sp³-hybridized carbons (Fsp3) is 0.250. The Morgan fingerprint density at radius 3 is 2.82 bits per heavy atom. The van der Waals surface area contributed by atoms with Crippen LogP contribution >= 0.6 is 39.0 Å². The van der Waals surface area contributed by atoms with E-state index < -0.39 is 0 Å². The van der Waals surface area contributed by atoms with Gasteiger partial charge in [-0.1, -0.05) is 45.9 Å². The van der Waals surface area contributed by atoms with E-state index >= 15 is 0 Å². The molecule has 2 nitrogen and oxygen atoms in total. The standard InChI is InChI=1S/C12H13BrN2S2/c1-8-7-16-12(15-8)17-11(6-14)9-4-2-3-5-10(9)13/h2-5,7,11H,6,14H2,1H3. The molecule has 0 spiro atoms. The monoisotopic (exact) mass is 328 g/mol. The summed E-state index contributed by atoms with van der Waals surface area (Å²) >= 11 is 6.97. The van der Waals surface area contributed by atoms with Gasteiger partial charge in [0.05, 0.1) is 5.25 Å². The maximum absolute atomic E-state index is 5.86. The number of nitrogens with two attached hydrogens (primary N) is 1. The average Bonchev–Trinajstić information content (AvgIpc) is 2.73. The summed E-state index contributed by atoms with van der Waals surface area (Å²) in [5.74, 6) is 0. The van der Waals surface area contributed by atoms with Gasteiger partial charge in [0.25, 0.3) is 0 Å². The molecule has 1 heterocycles. The molecular formula is C12H13BrN2S2. The number of thiazole rings is 1. The van der Waals surface area contributed by atoms with Crippen LogP contribution in [0.1, 0.15) is 16.5 Å². The summed E-state index contributed by atoms with van der Waals surface area (Å²) in [5, 5.41) is 2.31. The van der Waals surface area contributed by atoms with Crippen LogP contribution in [0.2, 0.25) is 0 Å². The van der Waals surface area contributed by atoms with Gasteiger partial charge in [-0.25, -0.2) is 4.98 Å². The van der Waals surface area contributed by atoms with Crippen LogP contribution in [0.5, 0.6) is 0 Å². The summed E-state index contributed by atoms with van der Waals surface area (Å²) in [5.41, 5.74) is 8.16. The van der Waals surface area contributed by atoms with Gasteiger partial charge >= 0.3 is 0 Å². The normalized spacial score (nSPS) is 12.6. The van der Waals surface area contributed by atoms with E-state index in [0.29, 0.717) is 6.54 Å². The number of halogens is 1. The molecule has 90 valence electrons. The molecule has 1 unspecified atom stereocenters. The molecule has 0 radical (unpaired) electrons. The summed E-state index contributed by atoms with van der Waals surface area (Å²) in [4.78, 5) is 4.46. The predicted molar refractivity (Wildman–Crippen MR) is 78.6 cm³/mol. The Hall–Kier alpha value is -0.360. The van der Waals surface area contributed by atoms with Crippen molar-refractivity contribution in [1.29, 1.82) is 0 Å². The highest BCUT2D eigenvalue weighted by atomic mass is 79.9. The van der Waals surface area contributed by atoms with E-state index in [2.05, 4.69) is 32.4 Å². The van der Waals surface area contributed by atoms with Crippen molar-refractivity contribution in [2.75, 3.05) is 6.54 Å². The van der Waals surface area contributed by atoms with Crippen molar-refractivity contribution in [3.8, 4) is 0 Å². The quantitative estimate of drug-likeness (QED) is 0.862. The van der Waals surface area contributed by atoms with Gasteiger partial charge in [-0.2, -0.15) is 0 Å². The number of thioether (sulfide) groups is 1. The summed E-state index contributed by atoms with van der Waals surface area (Å²) < 4.78 is 2.19. The molecule has 17 heavy (non-hydrogen) atoms. The predicted octanol–water partition coefficient (Wildman–Crippen LogP) is 4.01. The first-order valence-corrected chi connectivity index (χ1v) is 7.79. The van der Waals surface area contributed by atoms with E-state index in [1.807, 2.05) is 25.1 Å². The molecular weight excluding hydrogens is 316 g/mol. The van der Waals surface area contributed by atoms with Crippen LogP contribution in [-0.4, -0.2) is 11.5 Å². The van der Waals surface area contributed by atoms with Crippen molar-refractivity contribution in [3.05, 3.63) is 45.4 Å². The summed E-state index contributed by atoms with van der Waals surface area (Å²) in [6.07, 6.45) is 0. The largest absolute Gasteiger partial charge is 0.329 e. The van der Waals surface area contributed by atoms with Crippen molar-refractivity contribution < 1.29 is 0 Å². The van der Waals surface area contributed by atoms with Gasteiger partial charge in [-0.05, 0) is 18.6 Å². The highest BCUT2D eigenvalue weighted by Crippen LogP contribution is 2.38. The molecule has 0 fully saturated rings. The number of hydrogen-bond donors (Lipinski definition) is 1. The maximum Gasteiger partial charge on any atom is 0.150 e. The molecule has 1 aromatic carbocycles. The van der Waals surface area contributed by atoms with Crippen LogP contribution in [0.25, 0.3) is 0 Å². The summed E-state index contributed by atoms with van der Waals surface area (Å²) in [6, 6.07) is 8.20. The van der Waals surface area contributed by atoms with Crippen molar-refractivity contribution in [1.82, 2.24) is 4.98 Å². The molecule has 5 heteroatoms. The second-order valence-corrected chi connectivity index (χ2v) is 6.78. The Morgan fingerprint density at radius 1 is 1.47 bits per heavy atom. The Kier molecular flexibility index (Phi) is 4.62. The molecule has 0 saturated heterocycles. The van der Waals surface area contributed by atoms with E-state index in [1.165, 1.54) is 5.56 Å². The number of hydrogen-bond acceptors (Lipinski definition) is 4. The molecule has 0 bridgehead atoms. The van der Waals surface area contributed by atoms with Crippen molar-refractivity contribution in [2.24, 2.45) is 5.73 Å². The van der Waals surface area contributed by atoms with Gasteiger partial charge in [-0.15, -0.1) is 11.3 Å². The lowest BCUT2D eigenvalue weighted by molar-refractivity contribution is 0.933. The first-order chi connectivity index (χ1) is 8.20. The molecule has 2 N–H and O–H groups in total. The van der Waals surface area contributed by atoms with Gasteiger partial charge in [0.15, 0.2) is 4.34 Å². The smallest absolute Gasteiger partial charge is 0.150 e. The van der Waals surface area contributed by atoms with Gasteiger partial charge in [0, 0.05) is 22.1 Å². The lowest BCUT2D eigenvalue weighted by Gasteiger charge is -2.14. The summed E-state index contributed by atoms with van der Waals surface area (Å²) in [6.45, 7) is 2.61. The Bertz CT molecular complexity index is 499. The lowest BCUT2D eigenvalue weighted by atomic mass is 10.1. The third-order valence-corrected chi connectivity index (χ3v) is 5.38. The van der Waals surface area contributed by atoms with Crippen molar-refractivity contribution >= 4 is 39.0 Å². The zero-order valence-electron chi connectivity index (χ0n) is 9.39. The average molecular weight is 329 g/mol. The molecule has 0 aliphatic heterocycles. The third kappa shape index (κ3) is 3.31. The zero-order valence-corrected chi connectivity index (χ0v) is 12.6. The number of nitrogens with zero attached hydrogens (tertiary/aromatic N) is 1. The molecule has 0 amide bonds. The highest BCUT2D eigenvalue weighted by molar-refractivity contribution is 9.10. The molecule has 1 aromatic heterocycles. The van der Waals surface area contributed by atoms with E-state index in [-0.39, 0.29) is 5.25 Å². The first kappa shape index (κ1) is 13.1. The van der Waals surface area contributed by atoms with Crippen LogP contribution in [0, 0.1) is 6.92 Å². The zero-order chi connectivity index (χ0) is 12.3. The van der Waals surface area contributed by atoms with Crippen LogP contribution < -0.4 is 5.73 Å². The fourth-order valence-corrected chi connectivity index (χ4v) is 4.30. The molecule has 0 aliphatic rings. The van der Waals surface area contributed by atoms with Gasteiger partial charge in [-0.3, -0.25) is 0 Å². The highest BCUT2D eigenvalue weighted by Gasteiger charge is 2.15. The molecule has 0 saturated carbocycles. The van der Waals surface area contributed by atoms with Gasteiger partial charge in [0.1, 0.15) is 0 Å². The number of aromatic nitrogens is 1. The minimum Gasteiger partial charge on any atom is -0.329 e. The van der Waals surface area contributed by atoms with Crippen LogP contribution in [0.3, 0.4) is 0 Å². The second kappa shape index (κ2) is 6.00. The Labute approximate surface area is 118 Å².